The SMILES string of the molecule is CCC(N)Cc1nccnc1C. The number of hydrogen-bond acceptors (Lipinski definition) is 3. The first kappa shape index (κ1) is 9.13. The van der Waals surface area contributed by atoms with Crippen LogP contribution in [0.2, 0.25) is 0 Å². The minimum Gasteiger partial charge on any atom is -0.327 e. The first-order chi connectivity index (χ1) is 5.74. The normalized spacial score (nSPS) is 12.9. The molecule has 0 saturated heterocycles. The van der Waals surface area contributed by atoms with Crippen LogP contribution in [-0.4, -0.2) is 16.0 Å². The summed E-state index contributed by atoms with van der Waals surface area (Å²) < 4.78 is 0. The average molecular weight is 165 g/mol. The zero-order chi connectivity index (χ0) is 8.97. The summed E-state index contributed by atoms with van der Waals surface area (Å²) >= 11 is 0. The Labute approximate surface area is 73.0 Å². The second-order valence-corrected chi connectivity index (χ2v) is 2.96. The Morgan fingerprint density at radius 1 is 1.42 bits per heavy atom. The summed E-state index contributed by atoms with van der Waals surface area (Å²) in [6, 6.07) is 0.209. The van der Waals surface area contributed by atoms with Crippen molar-refractivity contribution in [2.75, 3.05) is 0 Å². The molecule has 1 atom stereocenters. The zero-order valence-corrected chi connectivity index (χ0v) is 7.62. The van der Waals surface area contributed by atoms with Gasteiger partial charge in [0.25, 0.3) is 0 Å². The van der Waals surface area contributed by atoms with Crippen molar-refractivity contribution in [1.82, 2.24) is 9.97 Å². The van der Waals surface area contributed by atoms with E-state index in [1.165, 1.54) is 0 Å². The van der Waals surface area contributed by atoms with Crippen LogP contribution in [-0.2, 0) is 6.42 Å². The fraction of sp³-hybridized carbons (Fsp3) is 0.556. The summed E-state index contributed by atoms with van der Waals surface area (Å²) in [6.07, 6.45) is 5.23. The number of aryl methyl sites for hydroxylation is 1. The molecule has 0 fully saturated rings. The van der Waals surface area contributed by atoms with Crippen LogP contribution < -0.4 is 5.73 Å². The van der Waals surface area contributed by atoms with Crippen molar-refractivity contribution in [2.24, 2.45) is 5.73 Å². The van der Waals surface area contributed by atoms with Crippen molar-refractivity contribution >= 4 is 0 Å². The number of hydrogen-bond donors (Lipinski definition) is 1. The lowest BCUT2D eigenvalue weighted by atomic mass is 10.1. The summed E-state index contributed by atoms with van der Waals surface area (Å²) in [7, 11) is 0. The van der Waals surface area contributed by atoms with Crippen LogP contribution in [0.1, 0.15) is 24.7 Å². The van der Waals surface area contributed by atoms with Crippen LogP contribution in [0.15, 0.2) is 12.4 Å². The highest BCUT2D eigenvalue weighted by Gasteiger charge is 2.04. The molecule has 66 valence electrons. The van der Waals surface area contributed by atoms with E-state index in [0.29, 0.717) is 0 Å². The van der Waals surface area contributed by atoms with Crippen molar-refractivity contribution in [1.29, 1.82) is 0 Å². The Hall–Kier alpha value is -0.960. The van der Waals surface area contributed by atoms with E-state index in [9.17, 15) is 0 Å². The molecule has 0 aliphatic rings. The predicted molar refractivity (Wildman–Crippen MR) is 48.7 cm³/mol. The fourth-order valence-electron chi connectivity index (χ4n) is 1.03. The van der Waals surface area contributed by atoms with Crippen LogP contribution in [0.4, 0.5) is 0 Å². The van der Waals surface area contributed by atoms with Crippen molar-refractivity contribution < 1.29 is 0 Å². The number of aromatic nitrogens is 2. The maximum Gasteiger partial charge on any atom is 0.0631 e. The van der Waals surface area contributed by atoms with Gasteiger partial charge in [0, 0.05) is 24.9 Å². The molecule has 0 saturated carbocycles. The minimum absolute atomic E-state index is 0.209. The maximum absolute atomic E-state index is 5.81. The van der Waals surface area contributed by atoms with Crippen molar-refractivity contribution in [3.8, 4) is 0 Å². The number of nitrogens with zero attached hydrogens (tertiary/aromatic N) is 2. The molecule has 0 spiro atoms. The van der Waals surface area contributed by atoms with Gasteiger partial charge in [-0.05, 0) is 13.3 Å². The molecule has 1 aromatic heterocycles. The summed E-state index contributed by atoms with van der Waals surface area (Å²) in [4.78, 5) is 8.37. The van der Waals surface area contributed by atoms with E-state index in [2.05, 4.69) is 16.9 Å². The van der Waals surface area contributed by atoms with Gasteiger partial charge < -0.3 is 5.73 Å². The molecule has 0 aromatic carbocycles. The predicted octanol–water partition coefficient (Wildman–Crippen LogP) is 1.06. The molecule has 3 heteroatoms. The van der Waals surface area contributed by atoms with Gasteiger partial charge in [-0.15, -0.1) is 0 Å². The quantitative estimate of drug-likeness (QED) is 0.728. The molecule has 1 heterocycles. The lowest BCUT2D eigenvalue weighted by Gasteiger charge is -2.08. The van der Waals surface area contributed by atoms with E-state index < -0.39 is 0 Å². The Morgan fingerprint density at radius 3 is 2.67 bits per heavy atom. The summed E-state index contributed by atoms with van der Waals surface area (Å²) in [6.45, 7) is 4.04. The van der Waals surface area contributed by atoms with Crippen LogP contribution in [0.25, 0.3) is 0 Å². The third-order valence-electron chi connectivity index (χ3n) is 1.96. The van der Waals surface area contributed by atoms with Gasteiger partial charge in [0.2, 0.25) is 0 Å². The molecule has 0 aliphatic carbocycles. The first-order valence-corrected chi connectivity index (χ1v) is 4.26. The highest BCUT2D eigenvalue weighted by atomic mass is 14.8. The van der Waals surface area contributed by atoms with Crippen LogP contribution in [0.5, 0.6) is 0 Å². The molecule has 0 bridgehead atoms. The Balaban J connectivity index is 2.69. The van der Waals surface area contributed by atoms with Crippen molar-refractivity contribution in [3.05, 3.63) is 23.8 Å². The minimum atomic E-state index is 0.209. The molecule has 3 nitrogen and oxygen atoms in total. The molecule has 1 aromatic rings. The van der Waals surface area contributed by atoms with Crippen LogP contribution in [0, 0.1) is 6.92 Å². The van der Waals surface area contributed by atoms with E-state index >= 15 is 0 Å². The van der Waals surface area contributed by atoms with E-state index in [-0.39, 0.29) is 6.04 Å². The monoisotopic (exact) mass is 165 g/mol. The molecule has 2 N–H and O–H groups in total. The lowest BCUT2D eigenvalue weighted by molar-refractivity contribution is 0.631. The van der Waals surface area contributed by atoms with E-state index in [1.54, 1.807) is 12.4 Å². The van der Waals surface area contributed by atoms with E-state index in [0.717, 1.165) is 24.2 Å². The number of rotatable bonds is 3. The molecular weight excluding hydrogens is 150 g/mol. The summed E-state index contributed by atoms with van der Waals surface area (Å²) in [5.74, 6) is 0. The van der Waals surface area contributed by atoms with Gasteiger partial charge in [0.05, 0.1) is 11.4 Å². The standard InChI is InChI=1S/C9H15N3/c1-3-8(10)6-9-7(2)11-4-5-12-9/h4-5,8H,3,6,10H2,1-2H3. The smallest absolute Gasteiger partial charge is 0.0631 e. The van der Waals surface area contributed by atoms with Gasteiger partial charge in [-0.2, -0.15) is 0 Å². The molecule has 1 unspecified atom stereocenters. The van der Waals surface area contributed by atoms with Gasteiger partial charge in [0.15, 0.2) is 0 Å². The molecular formula is C9H15N3. The zero-order valence-electron chi connectivity index (χ0n) is 7.62. The summed E-state index contributed by atoms with van der Waals surface area (Å²) in [5.41, 5.74) is 7.81. The highest BCUT2D eigenvalue weighted by Crippen LogP contribution is 2.03. The topological polar surface area (TPSA) is 51.8 Å². The van der Waals surface area contributed by atoms with Gasteiger partial charge in [-0.25, -0.2) is 0 Å². The molecule has 12 heavy (non-hydrogen) atoms. The first-order valence-electron chi connectivity index (χ1n) is 4.26. The summed E-state index contributed by atoms with van der Waals surface area (Å²) in [5, 5.41) is 0. The number of nitrogens with two attached hydrogens (primary N) is 1. The van der Waals surface area contributed by atoms with Gasteiger partial charge in [-0.3, -0.25) is 9.97 Å². The fourth-order valence-corrected chi connectivity index (χ4v) is 1.03. The Bertz CT molecular complexity index is 247. The molecule has 1 rings (SSSR count). The van der Waals surface area contributed by atoms with Gasteiger partial charge in [-0.1, -0.05) is 6.92 Å². The second-order valence-electron chi connectivity index (χ2n) is 2.96. The van der Waals surface area contributed by atoms with Crippen molar-refractivity contribution in [3.63, 3.8) is 0 Å². The third-order valence-corrected chi connectivity index (χ3v) is 1.96. The molecule has 0 radical (unpaired) electrons. The van der Waals surface area contributed by atoms with Gasteiger partial charge >= 0.3 is 0 Å². The largest absolute Gasteiger partial charge is 0.327 e. The van der Waals surface area contributed by atoms with E-state index in [4.69, 9.17) is 5.73 Å². The Morgan fingerprint density at radius 2 is 2.08 bits per heavy atom. The maximum atomic E-state index is 5.81. The van der Waals surface area contributed by atoms with Crippen molar-refractivity contribution in [2.45, 2.75) is 32.7 Å². The average Bonchev–Trinajstić information content (AvgIpc) is 2.09. The highest BCUT2D eigenvalue weighted by molar-refractivity contribution is 5.09. The lowest BCUT2D eigenvalue weighted by Crippen LogP contribution is -2.22. The second kappa shape index (κ2) is 4.16. The molecule has 0 amide bonds. The molecule has 0 aliphatic heterocycles. The third kappa shape index (κ3) is 2.27. The van der Waals surface area contributed by atoms with Crippen LogP contribution >= 0.6 is 0 Å². The van der Waals surface area contributed by atoms with Crippen LogP contribution in [0.3, 0.4) is 0 Å². The van der Waals surface area contributed by atoms with E-state index in [1.807, 2.05) is 6.92 Å². The Kier molecular flexibility index (Phi) is 3.17. The van der Waals surface area contributed by atoms with Gasteiger partial charge in [0.1, 0.15) is 0 Å².